The summed E-state index contributed by atoms with van der Waals surface area (Å²) in [4.78, 5) is 22.8. The molecule has 0 saturated carbocycles. The van der Waals surface area contributed by atoms with Gasteiger partial charge in [-0.15, -0.1) is 0 Å². The zero-order valence-corrected chi connectivity index (χ0v) is 14.3. The third-order valence-electron chi connectivity index (χ3n) is 3.79. The lowest BCUT2D eigenvalue weighted by molar-refractivity contribution is -0.148. The van der Waals surface area contributed by atoms with Crippen molar-refractivity contribution in [2.24, 2.45) is 0 Å². The average Bonchev–Trinajstić information content (AvgIpc) is 3.17. The first kappa shape index (κ1) is 18.4. The molecule has 1 saturated heterocycles. The Kier molecular flexibility index (Phi) is 5.62. The highest BCUT2D eigenvalue weighted by molar-refractivity contribution is 7.89. The monoisotopic (exact) mass is 360 g/mol. The van der Waals surface area contributed by atoms with E-state index in [1.54, 1.807) is 0 Å². The number of furan rings is 1. The minimum atomic E-state index is -3.69. The Labute approximate surface area is 139 Å². The number of carboxylic acids is 1. The van der Waals surface area contributed by atoms with E-state index in [0.717, 1.165) is 12.8 Å². The summed E-state index contributed by atoms with van der Waals surface area (Å²) in [6.07, 6.45) is 0.409. The van der Waals surface area contributed by atoms with Crippen molar-refractivity contribution in [1.29, 1.82) is 0 Å². The summed E-state index contributed by atoms with van der Waals surface area (Å²) in [5.74, 6) is -1.99. The van der Waals surface area contributed by atoms with Crippen LogP contribution in [0.3, 0.4) is 0 Å². The number of sulfonamides is 1. The fraction of sp³-hybridized carbons (Fsp3) is 0.571. The van der Waals surface area contributed by atoms with Crippen molar-refractivity contribution >= 4 is 21.9 Å². The van der Waals surface area contributed by atoms with E-state index in [9.17, 15) is 18.0 Å². The van der Waals surface area contributed by atoms with Gasteiger partial charge in [0, 0.05) is 26.3 Å². The molecule has 9 nitrogen and oxygen atoms in total. The van der Waals surface area contributed by atoms with Crippen molar-refractivity contribution < 1.29 is 32.3 Å². The van der Waals surface area contributed by atoms with Crippen LogP contribution in [-0.4, -0.2) is 62.6 Å². The highest BCUT2D eigenvalue weighted by atomic mass is 32.2. The predicted molar refractivity (Wildman–Crippen MR) is 82.2 cm³/mol. The van der Waals surface area contributed by atoms with Gasteiger partial charge in [-0.3, -0.25) is 4.79 Å². The number of carbonyl (C=O) groups excluding carboxylic acids is 1. The number of methoxy groups -OCH3 is 1. The van der Waals surface area contributed by atoms with Gasteiger partial charge in [0.15, 0.2) is 11.9 Å². The van der Waals surface area contributed by atoms with Gasteiger partial charge in [-0.2, -0.15) is 4.31 Å². The maximum atomic E-state index is 12.5. The molecule has 1 aromatic rings. The first-order valence-corrected chi connectivity index (χ1v) is 8.85. The molecule has 2 heterocycles. The van der Waals surface area contributed by atoms with Crippen LogP contribution in [-0.2, 0) is 19.6 Å². The number of aliphatic carboxylic acids is 1. The van der Waals surface area contributed by atoms with Gasteiger partial charge in [0.2, 0.25) is 10.0 Å². The molecule has 1 fully saturated rings. The van der Waals surface area contributed by atoms with Crippen molar-refractivity contribution in [3.63, 3.8) is 0 Å². The molecule has 1 aliphatic heterocycles. The summed E-state index contributed by atoms with van der Waals surface area (Å²) in [6, 6.07) is 1.17. The van der Waals surface area contributed by atoms with E-state index >= 15 is 0 Å². The van der Waals surface area contributed by atoms with Crippen LogP contribution in [0.4, 0.5) is 0 Å². The normalized spacial score (nSPS) is 16.9. The quantitative estimate of drug-likeness (QED) is 0.711. The average molecular weight is 360 g/mol. The molecule has 0 radical (unpaired) electrons. The van der Waals surface area contributed by atoms with Crippen molar-refractivity contribution in [1.82, 2.24) is 9.62 Å². The summed E-state index contributed by atoms with van der Waals surface area (Å²) >= 11 is 0. The fourth-order valence-electron chi connectivity index (χ4n) is 2.44. The number of amides is 1. The minimum Gasteiger partial charge on any atom is -0.479 e. The Hall–Kier alpha value is -1.91. The van der Waals surface area contributed by atoms with Crippen LogP contribution in [0.1, 0.15) is 29.2 Å². The van der Waals surface area contributed by atoms with Crippen LogP contribution in [0, 0.1) is 6.92 Å². The molecule has 1 atom stereocenters. The molecule has 2 N–H and O–H groups in total. The van der Waals surface area contributed by atoms with Crippen molar-refractivity contribution in [2.75, 3.05) is 26.7 Å². The molecule has 24 heavy (non-hydrogen) atoms. The van der Waals surface area contributed by atoms with E-state index in [1.807, 2.05) is 0 Å². The minimum absolute atomic E-state index is 0.0453. The van der Waals surface area contributed by atoms with Gasteiger partial charge in [0.1, 0.15) is 10.7 Å². The molecule has 0 spiro atoms. The van der Waals surface area contributed by atoms with Gasteiger partial charge in [0.25, 0.3) is 5.91 Å². The summed E-state index contributed by atoms with van der Waals surface area (Å²) in [7, 11) is -2.48. The van der Waals surface area contributed by atoms with Crippen LogP contribution in [0.2, 0.25) is 0 Å². The predicted octanol–water partition coefficient (Wildman–Crippen LogP) is 0.202. The Balaban J connectivity index is 2.13. The Morgan fingerprint density at radius 1 is 1.42 bits per heavy atom. The standard InChI is InChI=1S/C14H20N2O7S/c1-9-12(24(20,21)16-5-3-4-6-16)7-10(23-9)13(17)15-8-11(22-2)14(18)19/h7,11H,3-6,8H2,1-2H3,(H,15,17)(H,18,19). The number of rotatable bonds is 7. The number of carbonyl (C=O) groups is 2. The molecular weight excluding hydrogens is 340 g/mol. The molecule has 134 valence electrons. The number of hydrogen-bond donors (Lipinski definition) is 2. The maximum absolute atomic E-state index is 12.5. The first-order valence-electron chi connectivity index (χ1n) is 7.41. The second-order valence-corrected chi connectivity index (χ2v) is 7.32. The van der Waals surface area contributed by atoms with Gasteiger partial charge in [-0.05, 0) is 19.8 Å². The highest BCUT2D eigenvalue weighted by Gasteiger charge is 2.31. The van der Waals surface area contributed by atoms with Crippen LogP contribution < -0.4 is 5.32 Å². The third-order valence-corrected chi connectivity index (χ3v) is 5.79. The second-order valence-electron chi connectivity index (χ2n) is 5.41. The van der Waals surface area contributed by atoms with E-state index in [1.165, 1.54) is 24.4 Å². The van der Waals surface area contributed by atoms with Gasteiger partial charge in [-0.25, -0.2) is 13.2 Å². The van der Waals surface area contributed by atoms with Crippen molar-refractivity contribution in [3.8, 4) is 0 Å². The summed E-state index contributed by atoms with van der Waals surface area (Å²) in [5.41, 5.74) is 0. The number of nitrogens with zero attached hydrogens (tertiary/aromatic N) is 1. The smallest absolute Gasteiger partial charge is 0.334 e. The van der Waals surface area contributed by atoms with Crippen molar-refractivity contribution in [2.45, 2.75) is 30.8 Å². The van der Waals surface area contributed by atoms with Gasteiger partial charge in [0.05, 0.1) is 6.54 Å². The first-order chi connectivity index (χ1) is 11.3. The molecule has 0 aliphatic carbocycles. The Bertz CT molecular complexity index is 719. The van der Waals surface area contributed by atoms with E-state index in [0.29, 0.717) is 13.1 Å². The summed E-state index contributed by atoms with van der Waals surface area (Å²) in [6.45, 7) is 2.10. The maximum Gasteiger partial charge on any atom is 0.334 e. The molecule has 1 unspecified atom stereocenters. The zero-order valence-electron chi connectivity index (χ0n) is 13.4. The molecule has 0 aromatic carbocycles. The van der Waals surface area contributed by atoms with Crippen LogP contribution in [0.15, 0.2) is 15.4 Å². The molecule has 1 aliphatic rings. The van der Waals surface area contributed by atoms with Crippen LogP contribution >= 0.6 is 0 Å². The lowest BCUT2D eigenvalue weighted by Crippen LogP contribution is -2.37. The second kappa shape index (κ2) is 7.32. The Morgan fingerprint density at radius 3 is 2.58 bits per heavy atom. The molecule has 1 amide bonds. The van der Waals surface area contributed by atoms with E-state index in [4.69, 9.17) is 14.3 Å². The van der Waals surface area contributed by atoms with E-state index < -0.39 is 28.0 Å². The van der Waals surface area contributed by atoms with Gasteiger partial charge >= 0.3 is 5.97 Å². The molecule has 2 rings (SSSR count). The van der Waals surface area contributed by atoms with Crippen LogP contribution in [0.5, 0.6) is 0 Å². The summed E-state index contributed by atoms with van der Waals surface area (Å²) in [5, 5.41) is 11.2. The van der Waals surface area contributed by atoms with Crippen molar-refractivity contribution in [3.05, 3.63) is 17.6 Å². The van der Waals surface area contributed by atoms with Gasteiger partial charge in [-0.1, -0.05) is 0 Å². The van der Waals surface area contributed by atoms with Gasteiger partial charge < -0.3 is 19.6 Å². The largest absolute Gasteiger partial charge is 0.479 e. The number of nitrogens with one attached hydrogen (secondary N) is 1. The third kappa shape index (κ3) is 3.77. The molecular formula is C14H20N2O7S. The van der Waals surface area contributed by atoms with E-state index in [-0.39, 0.29) is 23.0 Å². The molecule has 0 bridgehead atoms. The van der Waals surface area contributed by atoms with E-state index in [2.05, 4.69) is 5.32 Å². The highest BCUT2D eigenvalue weighted by Crippen LogP contribution is 2.26. The number of ether oxygens (including phenoxy) is 1. The topological polar surface area (TPSA) is 126 Å². The number of aryl methyl sites for hydroxylation is 1. The Morgan fingerprint density at radius 2 is 2.04 bits per heavy atom. The number of carboxylic acid groups (broad SMARTS) is 1. The van der Waals surface area contributed by atoms with Crippen LogP contribution in [0.25, 0.3) is 0 Å². The SMILES string of the molecule is COC(CNC(=O)c1cc(S(=O)(=O)N2CCCC2)c(C)o1)C(=O)O. The molecule has 1 aromatic heterocycles. The lowest BCUT2D eigenvalue weighted by Gasteiger charge is -2.14. The number of hydrogen-bond acceptors (Lipinski definition) is 6. The zero-order chi connectivity index (χ0) is 17.9. The fourth-order valence-corrected chi connectivity index (χ4v) is 4.12. The lowest BCUT2D eigenvalue weighted by atomic mass is 10.3. The summed E-state index contributed by atoms with van der Waals surface area (Å²) < 4.78 is 36.4. The molecule has 10 heteroatoms.